The molecule has 0 radical (unpaired) electrons. The fourth-order valence-corrected chi connectivity index (χ4v) is 3.50. The second kappa shape index (κ2) is 6.50. The Kier molecular flexibility index (Phi) is 4.45. The highest BCUT2D eigenvalue weighted by atomic mass is 16.2. The molecule has 6 heteroatoms. The van der Waals surface area contributed by atoms with E-state index < -0.39 is 0 Å². The zero-order chi connectivity index (χ0) is 15.5. The first-order valence-electron chi connectivity index (χ1n) is 8.20. The normalized spacial score (nSPS) is 22.5. The van der Waals surface area contributed by atoms with E-state index in [4.69, 9.17) is 0 Å². The van der Waals surface area contributed by atoms with E-state index in [0.29, 0.717) is 32.1 Å². The van der Waals surface area contributed by atoms with Crippen LogP contribution in [0.3, 0.4) is 0 Å². The number of hydrogen-bond acceptors (Lipinski definition) is 3. The van der Waals surface area contributed by atoms with Crippen LogP contribution in [0.2, 0.25) is 0 Å². The Labute approximate surface area is 130 Å². The number of nitrogens with one attached hydrogen (secondary N) is 1. The third-order valence-electron chi connectivity index (χ3n) is 4.70. The smallest absolute Gasteiger partial charge is 0.225 e. The van der Waals surface area contributed by atoms with Gasteiger partial charge >= 0.3 is 0 Å². The minimum Gasteiger partial charge on any atom is -0.354 e. The molecule has 22 heavy (non-hydrogen) atoms. The first-order valence-corrected chi connectivity index (χ1v) is 8.20. The monoisotopic (exact) mass is 304 g/mol. The minimum absolute atomic E-state index is 0.00211. The average Bonchev–Trinajstić information content (AvgIpc) is 3.19. The van der Waals surface area contributed by atoms with E-state index in [2.05, 4.69) is 10.4 Å². The van der Waals surface area contributed by atoms with Gasteiger partial charge < -0.3 is 10.2 Å². The molecule has 120 valence electrons. The highest BCUT2D eigenvalue weighted by Gasteiger charge is 2.38. The lowest BCUT2D eigenvalue weighted by atomic mass is 10.1. The average molecular weight is 304 g/mol. The SMILES string of the molecule is Cc1cnn(CCNC(=O)[C@H]2CC(=O)N(C3CCCC3)C2)c1. The number of aromatic nitrogens is 2. The van der Waals surface area contributed by atoms with Crippen LogP contribution < -0.4 is 5.32 Å². The predicted molar refractivity (Wildman–Crippen MR) is 82.0 cm³/mol. The molecule has 1 saturated carbocycles. The fraction of sp³-hybridized carbons (Fsp3) is 0.688. The van der Waals surface area contributed by atoms with Crippen LogP contribution in [0.25, 0.3) is 0 Å². The molecule has 0 aromatic carbocycles. The van der Waals surface area contributed by atoms with Gasteiger partial charge in [0.25, 0.3) is 0 Å². The lowest BCUT2D eigenvalue weighted by Crippen LogP contribution is -2.37. The zero-order valence-corrected chi connectivity index (χ0v) is 13.1. The van der Waals surface area contributed by atoms with Crippen molar-refractivity contribution in [3.63, 3.8) is 0 Å². The fourth-order valence-electron chi connectivity index (χ4n) is 3.50. The number of aryl methyl sites for hydroxylation is 1. The van der Waals surface area contributed by atoms with Crippen LogP contribution in [0.5, 0.6) is 0 Å². The summed E-state index contributed by atoms with van der Waals surface area (Å²) >= 11 is 0. The van der Waals surface area contributed by atoms with Crippen molar-refractivity contribution in [1.29, 1.82) is 0 Å². The molecule has 0 bridgehead atoms. The van der Waals surface area contributed by atoms with Gasteiger partial charge in [0.15, 0.2) is 0 Å². The van der Waals surface area contributed by atoms with Gasteiger partial charge in [-0.25, -0.2) is 0 Å². The maximum absolute atomic E-state index is 12.2. The van der Waals surface area contributed by atoms with E-state index >= 15 is 0 Å². The number of carbonyl (C=O) groups is 2. The van der Waals surface area contributed by atoms with E-state index in [0.717, 1.165) is 18.4 Å². The molecule has 1 atom stereocenters. The summed E-state index contributed by atoms with van der Waals surface area (Å²) in [5.41, 5.74) is 1.11. The van der Waals surface area contributed by atoms with Crippen molar-refractivity contribution in [3.05, 3.63) is 18.0 Å². The predicted octanol–water partition coefficient (Wildman–Crippen LogP) is 1.10. The molecule has 2 aliphatic rings. The lowest BCUT2D eigenvalue weighted by Gasteiger charge is -2.23. The van der Waals surface area contributed by atoms with Crippen LogP contribution in [-0.2, 0) is 16.1 Å². The van der Waals surface area contributed by atoms with Crippen LogP contribution in [0, 0.1) is 12.8 Å². The number of nitrogens with zero attached hydrogens (tertiary/aromatic N) is 3. The Morgan fingerprint density at radius 1 is 1.41 bits per heavy atom. The number of hydrogen-bond donors (Lipinski definition) is 1. The minimum atomic E-state index is -0.188. The van der Waals surface area contributed by atoms with Crippen LogP contribution in [0.1, 0.15) is 37.7 Å². The molecule has 0 spiro atoms. The molecular weight excluding hydrogens is 280 g/mol. The Balaban J connectivity index is 1.45. The molecule has 1 aromatic rings. The first-order chi connectivity index (χ1) is 10.6. The van der Waals surface area contributed by atoms with E-state index in [9.17, 15) is 9.59 Å². The Hall–Kier alpha value is -1.85. The number of amides is 2. The van der Waals surface area contributed by atoms with Gasteiger partial charge in [-0.3, -0.25) is 14.3 Å². The van der Waals surface area contributed by atoms with Gasteiger partial charge in [-0.15, -0.1) is 0 Å². The van der Waals surface area contributed by atoms with Crippen LogP contribution in [-0.4, -0.2) is 45.6 Å². The van der Waals surface area contributed by atoms with Gasteiger partial charge in [-0.05, 0) is 25.3 Å². The van der Waals surface area contributed by atoms with E-state index in [1.165, 1.54) is 12.8 Å². The van der Waals surface area contributed by atoms with Crippen LogP contribution in [0.4, 0.5) is 0 Å². The molecule has 2 heterocycles. The summed E-state index contributed by atoms with van der Waals surface area (Å²) in [5.74, 6) is -0.0417. The topological polar surface area (TPSA) is 67.2 Å². The lowest BCUT2D eigenvalue weighted by molar-refractivity contribution is -0.130. The molecule has 6 nitrogen and oxygen atoms in total. The van der Waals surface area contributed by atoms with Crippen molar-refractivity contribution < 1.29 is 9.59 Å². The van der Waals surface area contributed by atoms with E-state index in [-0.39, 0.29) is 17.7 Å². The summed E-state index contributed by atoms with van der Waals surface area (Å²) in [5, 5.41) is 7.12. The van der Waals surface area contributed by atoms with Crippen molar-refractivity contribution in [2.24, 2.45) is 5.92 Å². The Morgan fingerprint density at radius 3 is 2.86 bits per heavy atom. The Morgan fingerprint density at radius 2 is 2.18 bits per heavy atom. The molecule has 1 N–H and O–H groups in total. The third-order valence-corrected chi connectivity index (χ3v) is 4.70. The van der Waals surface area contributed by atoms with Crippen molar-refractivity contribution in [2.45, 2.75) is 51.6 Å². The maximum atomic E-state index is 12.2. The molecule has 1 aliphatic heterocycles. The maximum Gasteiger partial charge on any atom is 0.225 e. The molecule has 3 rings (SSSR count). The number of likely N-dealkylation sites (tertiary alicyclic amines) is 1. The quantitative estimate of drug-likeness (QED) is 0.886. The highest BCUT2D eigenvalue weighted by Crippen LogP contribution is 2.29. The van der Waals surface area contributed by atoms with Crippen molar-refractivity contribution in [2.75, 3.05) is 13.1 Å². The number of rotatable bonds is 5. The molecule has 2 amide bonds. The largest absolute Gasteiger partial charge is 0.354 e. The van der Waals surface area contributed by atoms with E-state index in [1.54, 1.807) is 6.20 Å². The molecule has 2 fully saturated rings. The van der Waals surface area contributed by atoms with Gasteiger partial charge in [0.05, 0.1) is 18.7 Å². The summed E-state index contributed by atoms with van der Waals surface area (Å²) in [6, 6.07) is 0.373. The zero-order valence-electron chi connectivity index (χ0n) is 13.1. The first kappa shape index (κ1) is 15.1. The summed E-state index contributed by atoms with van der Waals surface area (Å²) < 4.78 is 1.82. The van der Waals surface area contributed by atoms with Gasteiger partial charge in [0, 0.05) is 31.7 Å². The molecule has 0 unspecified atom stereocenters. The van der Waals surface area contributed by atoms with Crippen molar-refractivity contribution in [1.82, 2.24) is 20.0 Å². The molecular formula is C16H24N4O2. The van der Waals surface area contributed by atoms with Gasteiger partial charge in [0.1, 0.15) is 0 Å². The van der Waals surface area contributed by atoms with Crippen LogP contribution in [0.15, 0.2) is 12.4 Å². The van der Waals surface area contributed by atoms with Gasteiger partial charge in [0.2, 0.25) is 11.8 Å². The third kappa shape index (κ3) is 3.31. The highest BCUT2D eigenvalue weighted by molar-refractivity contribution is 5.89. The van der Waals surface area contributed by atoms with Crippen LogP contribution >= 0.6 is 0 Å². The van der Waals surface area contributed by atoms with E-state index in [1.807, 2.05) is 22.7 Å². The summed E-state index contributed by atoms with van der Waals surface area (Å²) in [7, 11) is 0. The molecule has 1 aliphatic carbocycles. The van der Waals surface area contributed by atoms with Crippen molar-refractivity contribution >= 4 is 11.8 Å². The standard InChI is InChI=1S/C16H24N4O2/c1-12-9-18-19(10-12)7-6-17-16(22)13-8-15(21)20(11-13)14-4-2-3-5-14/h9-10,13-14H,2-8,11H2,1H3,(H,17,22)/t13-/m0/s1. The number of carbonyl (C=O) groups excluding carboxylic acids is 2. The van der Waals surface area contributed by atoms with Gasteiger partial charge in [-0.2, -0.15) is 5.10 Å². The molecule has 1 saturated heterocycles. The summed E-state index contributed by atoms with van der Waals surface area (Å²) in [6.07, 6.45) is 8.72. The van der Waals surface area contributed by atoms with Crippen molar-refractivity contribution in [3.8, 4) is 0 Å². The Bertz CT molecular complexity index is 548. The summed E-state index contributed by atoms with van der Waals surface area (Å²) in [6.45, 7) is 3.79. The van der Waals surface area contributed by atoms with Gasteiger partial charge in [-0.1, -0.05) is 12.8 Å². The second-order valence-electron chi connectivity index (χ2n) is 6.46. The summed E-state index contributed by atoms with van der Waals surface area (Å²) in [4.78, 5) is 26.3. The molecule has 1 aromatic heterocycles. The second-order valence-corrected chi connectivity index (χ2v) is 6.46.